The third-order valence-corrected chi connectivity index (χ3v) is 5.53. The van der Waals surface area contributed by atoms with Crippen LogP contribution in [0.3, 0.4) is 0 Å². The fourth-order valence-corrected chi connectivity index (χ4v) is 3.92. The highest BCUT2D eigenvalue weighted by molar-refractivity contribution is 6.31. The molecule has 1 amide bonds. The predicted molar refractivity (Wildman–Crippen MR) is 121 cm³/mol. The Hall–Kier alpha value is -3.77. The van der Waals surface area contributed by atoms with Crippen molar-refractivity contribution in [3.8, 4) is 11.1 Å². The summed E-state index contributed by atoms with van der Waals surface area (Å²) in [7, 11) is 0. The number of hydrogen-bond acceptors (Lipinski definition) is 4. The molecule has 0 fully saturated rings. The summed E-state index contributed by atoms with van der Waals surface area (Å²) in [5.74, 6) is -0.342. The van der Waals surface area contributed by atoms with E-state index in [1.165, 1.54) is 18.2 Å². The topological polar surface area (TPSA) is 72.1 Å². The Bertz CT molecular complexity index is 1370. The first-order valence-electron chi connectivity index (χ1n) is 9.60. The van der Waals surface area contributed by atoms with Gasteiger partial charge in [-0.3, -0.25) is 14.7 Å². The van der Waals surface area contributed by atoms with Crippen LogP contribution < -0.4 is 10.6 Å². The summed E-state index contributed by atoms with van der Waals surface area (Å²) >= 11 is 6.02. The van der Waals surface area contributed by atoms with Crippen LogP contribution in [0.2, 0.25) is 5.02 Å². The highest BCUT2D eigenvalue weighted by Gasteiger charge is 2.25. The van der Waals surface area contributed by atoms with Gasteiger partial charge in [-0.1, -0.05) is 23.7 Å². The molecular weight excluding hydrogens is 415 g/mol. The number of anilines is 3. The molecule has 0 unspecified atom stereocenters. The number of aromatic nitrogens is 2. The van der Waals surface area contributed by atoms with Crippen molar-refractivity contribution < 1.29 is 9.18 Å². The quantitative estimate of drug-likeness (QED) is 0.459. The van der Waals surface area contributed by atoms with Crippen LogP contribution in [0, 0.1) is 5.82 Å². The molecule has 0 bridgehead atoms. The van der Waals surface area contributed by atoms with Crippen molar-refractivity contribution in [2.75, 3.05) is 10.6 Å². The van der Waals surface area contributed by atoms with Crippen molar-refractivity contribution >= 4 is 45.6 Å². The number of halogens is 2. The summed E-state index contributed by atoms with van der Waals surface area (Å²) in [4.78, 5) is 23.4. The maximum Gasteiger partial charge on any atom is 0.255 e. The fraction of sp³-hybridized carbons (Fsp3) is 0.0417. The molecule has 1 aliphatic heterocycles. The second-order valence-corrected chi connectivity index (χ2v) is 7.62. The highest BCUT2D eigenvalue weighted by atomic mass is 35.5. The number of nitrogens with two attached hydrogens (primary N) is 1. The van der Waals surface area contributed by atoms with E-state index in [4.69, 9.17) is 17.3 Å². The Kier molecular flexibility index (Phi) is 4.64. The van der Waals surface area contributed by atoms with E-state index in [1.54, 1.807) is 35.5 Å². The van der Waals surface area contributed by atoms with Crippen LogP contribution in [0.4, 0.5) is 21.6 Å². The molecule has 2 aromatic heterocycles. The molecule has 3 heterocycles. The van der Waals surface area contributed by atoms with Gasteiger partial charge < -0.3 is 5.73 Å². The largest absolute Gasteiger partial charge is 0.384 e. The van der Waals surface area contributed by atoms with E-state index in [-0.39, 0.29) is 10.9 Å². The molecule has 1 aliphatic rings. The number of nitrogens with zero attached hydrogens (tertiary/aromatic N) is 3. The number of carbonyl (C=O) groups is 1. The number of allylic oxidation sites excluding steroid dienone is 1. The van der Waals surface area contributed by atoms with Crippen molar-refractivity contribution in [3.05, 3.63) is 89.5 Å². The summed E-state index contributed by atoms with van der Waals surface area (Å²) in [5.41, 5.74) is 10.3. The maximum atomic E-state index is 13.8. The molecule has 7 heteroatoms. The number of nitrogen functional groups attached to an aromatic ring is 1. The molecular formula is C24H16ClFN4O. The molecule has 152 valence electrons. The van der Waals surface area contributed by atoms with Gasteiger partial charge in [-0.25, -0.2) is 9.37 Å². The van der Waals surface area contributed by atoms with Gasteiger partial charge in [-0.15, -0.1) is 0 Å². The first kappa shape index (κ1) is 19.2. The van der Waals surface area contributed by atoms with Gasteiger partial charge in [-0.2, -0.15) is 0 Å². The van der Waals surface area contributed by atoms with E-state index in [2.05, 4.69) is 9.97 Å². The Morgan fingerprint density at radius 3 is 2.61 bits per heavy atom. The Morgan fingerprint density at radius 1 is 1.00 bits per heavy atom. The van der Waals surface area contributed by atoms with E-state index in [1.807, 2.05) is 24.3 Å². The van der Waals surface area contributed by atoms with E-state index in [0.717, 1.165) is 27.6 Å². The molecule has 4 aromatic rings. The van der Waals surface area contributed by atoms with Gasteiger partial charge in [0, 0.05) is 29.4 Å². The average molecular weight is 431 g/mol. The lowest BCUT2D eigenvalue weighted by molar-refractivity contribution is -0.113. The molecule has 2 N–H and O–H groups in total. The van der Waals surface area contributed by atoms with Gasteiger partial charge in [0.1, 0.15) is 11.6 Å². The lowest BCUT2D eigenvalue weighted by Gasteiger charge is -2.25. The molecule has 5 rings (SSSR count). The van der Waals surface area contributed by atoms with E-state index >= 15 is 0 Å². The smallest absolute Gasteiger partial charge is 0.255 e. The first-order valence-corrected chi connectivity index (χ1v) is 9.98. The van der Waals surface area contributed by atoms with Gasteiger partial charge in [-0.05, 0) is 60.0 Å². The molecule has 0 aliphatic carbocycles. The zero-order valence-corrected chi connectivity index (χ0v) is 17.0. The molecule has 0 spiro atoms. The summed E-state index contributed by atoms with van der Waals surface area (Å²) in [6.07, 6.45) is 7.33. The third-order valence-electron chi connectivity index (χ3n) is 5.24. The first-order chi connectivity index (χ1) is 15.0. The van der Waals surface area contributed by atoms with E-state index in [9.17, 15) is 9.18 Å². The molecule has 0 atom stereocenters. The van der Waals surface area contributed by atoms with E-state index < -0.39 is 5.82 Å². The molecule has 5 nitrogen and oxygen atoms in total. The van der Waals surface area contributed by atoms with Crippen LogP contribution in [-0.4, -0.2) is 15.9 Å². The standard InChI is InChI=1S/C24H16ClFN4O/c25-19-11-17(6-7-20(19)26)30-23(31)3-1-2-16-13-28-21-8-4-14(10-18(21)24(16)30)15-5-9-22(27)29-12-15/h1,3-13H,2H2,(H2,27,29). The van der Waals surface area contributed by atoms with Gasteiger partial charge in [0.25, 0.3) is 5.91 Å². The van der Waals surface area contributed by atoms with Crippen LogP contribution in [0.25, 0.3) is 22.0 Å². The van der Waals surface area contributed by atoms with Crippen molar-refractivity contribution in [2.24, 2.45) is 0 Å². The maximum absolute atomic E-state index is 13.8. The number of hydrogen-bond donors (Lipinski definition) is 1. The SMILES string of the molecule is Nc1ccc(-c2ccc3ncc4c(c3c2)N(c2ccc(F)c(Cl)c2)C(=O)C=CC4)cn1. The number of pyridine rings is 2. The van der Waals surface area contributed by atoms with Crippen molar-refractivity contribution in [1.29, 1.82) is 0 Å². The van der Waals surface area contributed by atoms with Gasteiger partial charge in [0.05, 0.1) is 21.9 Å². The second kappa shape index (κ2) is 7.49. The Balaban J connectivity index is 1.77. The minimum Gasteiger partial charge on any atom is -0.384 e. The third kappa shape index (κ3) is 3.41. The van der Waals surface area contributed by atoms with Crippen LogP contribution in [0.5, 0.6) is 0 Å². The van der Waals surface area contributed by atoms with Gasteiger partial charge >= 0.3 is 0 Å². The summed E-state index contributed by atoms with van der Waals surface area (Å²) in [5, 5.41) is 0.747. The average Bonchev–Trinajstić information content (AvgIpc) is 2.94. The number of benzene rings is 2. The zero-order chi connectivity index (χ0) is 21.5. The Labute approximate surface area is 182 Å². The lowest BCUT2D eigenvalue weighted by atomic mass is 10.0. The fourth-order valence-electron chi connectivity index (χ4n) is 3.74. The zero-order valence-electron chi connectivity index (χ0n) is 16.2. The summed E-state index contributed by atoms with van der Waals surface area (Å²) < 4.78 is 13.8. The number of carbonyl (C=O) groups excluding carboxylic acids is 1. The monoisotopic (exact) mass is 430 g/mol. The summed E-state index contributed by atoms with van der Waals surface area (Å²) in [6, 6.07) is 13.7. The molecule has 0 saturated heterocycles. The molecule has 0 radical (unpaired) electrons. The molecule has 0 saturated carbocycles. The second-order valence-electron chi connectivity index (χ2n) is 7.21. The number of fused-ring (bicyclic) bond motifs is 3. The van der Waals surface area contributed by atoms with Crippen LogP contribution in [-0.2, 0) is 11.2 Å². The summed E-state index contributed by atoms with van der Waals surface area (Å²) in [6.45, 7) is 0. The molecule has 31 heavy (non-hydrogen) atoms. The van der Waals surface area contributed by atoms with Crippen LogP contribution in [0.15, 0.2) is 73.1 Å². The normalized spacial score (nSPS) is 13.4. The van der Waals surface area contributed by atoms with Gasteiger partial charge in [0.2, 0.25) is 0 Å². The van der Waals surface area contributed by atoms with Crippen molar-refractivity contribution in [3.63, 3.8) is 0 Å². The highest BCUT2D eigenvalue weighted by Crippen LogP contribution is 2.39. The molecule has 2 aromatic carbocycles. The minimum absolute atomic E-state index is 0.0490. The van der Waals surface area contributed by atoms with Gasteiger partial charge in [0.15, 0.2) is 0 Å². The van der Waals surface area contributed by atoms with Crippen molar-refractivity contribution in [1.82, 2.24) is 9.97 Å². The Morgan fingerprint density at radius 2 is 1.84 bits per heavy atom. The lowest BCUT2D eigenvalue weighted by Crippen LogP contribution is -2.24. The number of rotatable bonds is 2. The van der Waals surface area contributed by atoms with E-state index in [0.29, 0.717) is 23.6 Å². The number of amides is 1. The van der Waals surface area contributed by atoms with Crippen molar-refractivity contribution in [2.45, 2.75) is 6.42 Å². The van der Waals surface area contributed by atoms with Crippen LogP contribution >= 0.6 is 11.6 Å². The minimum atomic E-state index is -0.541. The predicted octanol–water partition coefficient (Wildman–Crippen LogP) is 5.45. The van der Waals surface area contributed by atoms with Crippen LogP contribution in [0.1, 0.15) is 5.56 Å².